The summed E-state index contributed by atoms with van der Waals surface area (Å²) in [5, 5.41) is 4.12. The summed E-state index contributed by atoms with van der Waals surface area (Å²) in [6.45, 7) is 6.12. The van der Waals surface area contributed by atoms with Crippen LogP contribution in [0.2, 0.25) is 0 Å². The Bertz CT molecular complexity index is 417. The van der Waals surface area contributed by atoms with Crippen LogP contribution in [0, 0.1) is 0 Å². The van der Waals surface area contributed by atoms with E-state index in [1.54, 1.807) is 12.3 Å². The molecule has 0 bridgehead atoms. The molecule has 0 radical (unpaired) electrons. The number of likely N-dealkylation sites (N-methyl/N-ethyl adjacent to an activating group) is 1. The summed E-state index contributed by atoms with van der Waals surface area (Å²) in [7, 11) is 1.88. The maximum atomic E-state index is 11.8. The molecule has 0 aliphatic carbocycles. The Morgan fingerprint density at radius 2 is 2.28 bits per heavy atom. The van der Waals surface area contributed by atoms with Crippen LogP contribution in [0.25, 0.3) is 0 Å². The summed E-state index contributed by atoms with van der Waals surface area (Å²) in [6, 6.07) is 1.57. The molecule has 6 heteroatoms. The lowest BCUT2D eigenvalue weighted by molar-refractivity contribution is 0.0702. The second-order valence-corrected chi connectivity index (χ2v) is 4.40. The predicted molar refractivity (Wildman–Crippen MR) is 71.9 cm³/mol. The van der Waals surface area contributed by atoms with Gasteiger partial charge in [-0.1, -0.05) is 0 Å². The number of aromatic nitrogens is 2. The molecule has 102 valence electrons. The zero-order valence-corrected chi connectivity index (χ0v) is 11.3. The fourth-order valence-electron chi connectivity index (χ4n) is 1.50. The molecule has 0 aliphatic rings. The van der Waals surface area contributed by atoms with Gasteiger partial charge in [0.2, 0.25) is 0 Å². The topological polar surface area (TPSA) is 73.4 Å². The van der Waals surface area contributed by atoms with Crippen LogP contribution in [-0.2, 0) is 11.3 Å². The average Bonchev–Trinajstić information content (AvgIpc) is 2.31. The molecule has 0 saturated carbocycles. The number of hydrogen-bond acceptors (Lipinski definition) is 5. The van der Waals surface area contributed by atoms with E-state index in [9.17, 15) is 4.79 Å². The lowest BCUT2D eigenvalue weighted by Crippen LogP contribution is -2.29. The third-order valence-corrected chi connectivity index (χ3v) is 2.51. The molecule has 1 rings (SSSR count). The SMILES string of the molecule is CC(C)OCCn1ncc(N(C)CCN)cc1=O. The molecule has 0 saturated heterocycles. The molecule has 0 atom stereocenters. The summed E-state index contributed by atoms with van der Waals surface area (Å²) in [5.41, 5.74) is 6.13. The van der Waals surface area contributed by atoms with Crippen molar-refractivity contribution in [3.63, 3.8) is 0 Å². The highest BCUT2D eigenvalue weighted by Crippen LogP contribution is 2.05. The third-order valence-electron chi connectivity index (χ3n) is 2.51. The first-order chi connectivity index (χ1) is 8.54. The number of nitrogens with zero attached hydrogens (tertiary/aromatic N) is 3. The average molecular weight is 254 g/mol. The summed E-state index contributed by atoms with van der Waals surface area (Å²) in [4.78, 5) is 13.7. The second-order valence-electron chi connectivity index (χ2n) is 4.40. The van der Waals surface area contributed by atoms with Crippen molar-refractivity contribution in [2.75, 3.05) is 31.6 Å². The first-order valence-corrected chi connectivity index (χ1v) is 6.14. The highest BCUT2D eigenvalue weighted by atomic mass is 16.5. The molecule has 18 heavy (non-hydrogen) atoms. The highest BCUT2D eigenvalue weighted by molar-refractivity contribution is 5.41. The van der Waals surface area contributed by atoms with Crippen molar-refractivity contribution in [1.82, 2.24) is 9.78 Å². The molecule has 1 aromatic heterocycles. The molecular weight excluding hydrogens is 232 g/mol. The summed E-state index contributed by atoms with van der Waals surface area (Å²) in [5.74, 6) is 0. The van der Waals surface area contributed by atoms with E-state index < -0.39 is 0 Å². The second kappa shape index (κ2) is 7.13. The normalized spacial score (nSPS) is 10.9. The fraction of sp³-hybridized carbons (Fsp3) is 0.667. The zero-order valence-electron chi connectivity index (χ0n) is 11.3. The van der Waals surface area contributed by atoms with Crippen molar-refractivity contribution in [3.8, 4) is 0 Å². The van der Waals surface area contributed by atoms with E-state index >= 15 is 0 Å². The predicted octanol–water partition coefficient (Wildman–Crippen LogP) is 0.0632. The van der Waals surface area contributed by atoms with Crippen molar-refractivity contribution >= 4 is 5.69 Å². The van der Waals surface area contributed by atoms with Gasteiger partial charge in [-0.3, -0.25) is 4.79 Å². The van der Waals surface area contributed by atoms with Crippen LogP contribution in [0.15, 0.2) is 17.1 Å². The lowest BCUT2D eigenvalue weighted by atomic mass is 10.4. The van der Waals surface area contributed by atoms with Gasteiger partial charge in [0.15, 0.2) is 0 Å². The van der Waals surface area contributed by atoms with E-state index in [0.29, 0.717) is 26.2 Å². The van der Waals surface area contributed by atoms with Gasteiger partial charge in [-0.2, -0.15) is 5.10 Å². The van der Waals surface area contributed by atoms with Crippen molar-refractivity contribution in [1.29, 1.82) is 0 Å². The quantitative estimate of drug-likeness (QED) is 0.745. The van der Waals surface area contributed by atoms with Crippen molar-refractivity contribution in [2.45, 2.75) is 26.5 Å². The van der Waals surface area contributed by atoms with Gasteiger partial charge >= 0.3 is 0 Å². The number of ether oxygens (including phenoxy) is 1. The van der Waals surface area contributed by atoms with Crippen molar-refractivity contribution < 1.29 is 4.74 Å². The number of nitrogens with two attached hydrogens (primary N) is 1. The summed E-state index contributed by atoms with van der Waals surface area (Å²) < 4.78 is 6.80. The molecule has 0 aromatic carbocycles. The van der Waals surface area contributed by atoms with E-state index in [2.05, 4.69) is 5.10 Å². The maximum Gasteiger partial charge on any atom is 0.268 e. The van der Waals surface area contributed by atoms with Gasteiger partial charge in [-0.05, 0) is 13.8 Å². The van der Waals surface area contributed by atoms with Crippen LogP contribution < -0.4 is 16.2 Å². The monoisotopic (exact) mass is 254 g/mol. The minimum absolute atomic E-state index is 0.122. The van der Waals surface area contributed by atoms with Crippen LogP contribution in [-0.4, -0.2) is 42.6 Å². The first-order valence-electron chi connectivity index (χ1n) is 6.14. The molecule has 6 nitrogen and oxygen atoms in total. The Balaban J connectivity index is 2.65. The van der Waals surface area contributed by atoms with E-state index in [4.69, 9.17) is 10.5 Å². The zero-order chi connectivity index (χ0) is 13.5. The van der Waals surface area contributed by atoms with Crippen LogP contribution >= 0.6 is 0 Å². The molecule has 0 unspecified atom stereocenters. The minimum atomic E-state index is -0.122. The third kappa shape index (κ3) is 4.46. The summed E-state index contributed by atoms with van der Waals surface area (Å²) >= 11 is 0. The standard InChI is InChI=1S/C12H22N4O2/c1-10(2)18-7-6-16-12(17)8-11(9-14-16)15(3)5-4-13/h8-10H,4-7,13H2,1-3H3. The molecule has 0 amide bonds. The van der Waals surface area contributed by atoms with Crippen molar-refractivity contribution in [2.24, 2.45) is 5.73 Å². The molecule has 1 heterocycles. The van der Waals surface area contributed by atoms with Gasteiger partial charge in [-0.25, -0.2) is 4.68 Å². The molecular formula is C12H22N4O2. The van der Waals surface area contributed by atoms with Gasteiger partial charge in [0.05, 0.1) is 31.1 Å². The van der Waals surface area contributed by atoms with Crippen LogP contribution in [0.4, 0.5) is 5.69 Å². The van der Waals surface area contributed by atoms with Gasteiger partial charge in [-0.15, -0.1) is 0 Å². The van der Waals surface area contributed by atoms with E-state index in [1.165, 1.54) is 4.68 Å². The molecule has 0 aliphatic heterocycles. The van der Waals surface area contributed by atoms with Gasteiger partial charge < -0.3 is 15.4 Å². The van der Waals surface area contributed by atoms with Crippen LogP contribution in [0.3, 0.4) is 0 Å². The van der Waals surface area contributed by atoms with Gasteiger partial charge in [0, 0.05) is 26.2 Å². The Hall–Kier alpha value is -1.40. The van der Waals surface area contributed by atoms with Gasteiger partial charge in [0.25, 0.3) is 5.56 Å². The van der Waals surface area contributed by atoms with Gasteiger partial charge in [0.1, 0.15) is 0 Å². The number of hydrogen-bond donors (Lipinski definition) is 1. The Labute approximate surface area is 107 Å². The fourth-order valence-corrected chi connectivity index (χ4v) is 1.50. The molecule has 0 spiro atoms. The lowest BCUT2D eigenvalue weighted by Gasteiger charge is -2.17. The first kappa shape index (κ1) is 14.7. The maximum absolute atomic E-state index is 11.8. The minimum Gasteiger partial charge on any atom is -0.377 e. The van der Waals surface area contributed by atoms with Crippen LogP contribution in [0.5, 0.6) is 0 Å². The highest BCUT2D eigenvalue weighted by Gasteiger charge is 2.04. The van der Waals surface area contributed by atoms with Crippen molar-refractivity contribution in [3.05, 3.63) is 22.6 Å². The Kier molecular flexibility index (Phi) is 5.80. The number of rotatable bonds is 7. The molecule has 2 N–H and O–H groups in total. The molecule has 1 aromatic rings. The smallest absolute Gasteiger partial charge is 0.268 e. The van der Waals surface area contributed by atoms with E-state index in [0.717, 1.165) is 5.69 Å². The summed E-state index contributed by atoms with van der Waals surface area (Å²) in [6.07, 6.45) is 1.84. The van der Waals surface area contributed by atoms with Crippen LogP contribution in [0.1, 0.15) is 13.8 Å². The largest absolute Gasteiger partial charge is 0.377 e. The van der Waals surface area contributed by atoms with E-state index in [1.807, 2.05) is 25.8 Å². The van der Waals surface area contributed by atoms with E-state index in [-0.39, 0.29) is 11.7 Å². The number of anilines is 1. The molecule has 0 fully saturated rings. The Morgan fingerprint density at radius 1 is 1.56 bits per heavy atom. The Morgan fingerprint density at radius 3 is 2.83 bits per heavy atom.